The third kappa shape index (κ3) is 2.52. The van der Waals surface area contributed by atoms with Gasteiger partial charge < -0.3 is 15.5 Å². The van der Waals surface area contributed by atoms with Crippen LogP contribution in [-0.4, -0.2) is 43.7 Å². The average Bonchev–Trinajstić information content (AvgIpc) is 2.32. The van der Waals surface area contributed by atoms with Crippen LogP contribution in [0, 0.1) is 13.8 Å². The highest BCUT2D eigenvalue weighted by Crippen LogP contribution is 2.25. The molecule has 0 aliphatic carbocycles. The maximum absolute atomic E-state index is 5.96. The molecule has 1 aliphatic rings. The quantitative estimate of drug-likeness (QED) is 0.864. The highest BCUT2D eigenvalue weighted by Gasteiger charge is 2.29. The van der Waals surface area contributed by atoms with Crippen molar-refractivity contribution in [3.63, 3.8) is 0 Å². The van der Waals surface area contributed by atoms with Crippen molar-refractivity contribution in [1.29, 1.82) is 0 Å². The molecule has 18 heavy (non-hydrogen) atoms. The maximum Gasteiger partial charge on any atom is 0.0542 e. The van der Waals surface area contributed by atoms with E-state index in [-0.39, 0.29) is 0 Å². The number of likely N-dealkylation sites (N-methyl/N-ethyl adjacent to an activating group) is 1. The number of rotatable bonds is 2. The molecule has 3 nitrogen and oxygen atoms in total. The molecule has 2 unspecified atom stereocenters. The van der Waals surface area contributed by atoms with E-state index >= 15 is 0 Å². The fourth-order valence-corrected chi connectivity index (χ4v) is 2.96. The second-order valence-electron chi connectivity index (χ2n) is 5.64. The molecule has 100 valence electrons. The van der Waals surface area contributed by atoms with Gasteiger partial charge in [0.25, 0.3) is 0 Å². The highest BCUT2D eigenvalue weighted by molar-refractivity contribution is 5.53. The van der Waals surface area contributed by atoms with E-state index in [0.717, 1.165) is 13.1 Å². The summed E-state index contributed by atoms with van der Waals surface area (Å²) < 4.78 is 0. The molecule has 0 bridgehead atoms. The lowest BCUT2D eigenvalue weighted by Crippen LogP contribution is -2.59. The largest absolute Gasteiger partial charge is 0.362 e. The monoisotopic (exact) mass is 247 g/mol. The molecule has 3 heteroatoms. The number of hydrogen-bond acceptors (Lipinski definition) is 3. The van der Waals surface area contributed by atoms with Gasteiger partial charge >= 0.3 is 0 Å². The van der Waals surface area contributed by atoms with Crippen molar-refractivity contribution in [2.24, 2.45) is 5.73 Å². The minimum Gasteiger partial charge on any atom is -0.362 e. The van der Waals surface area contributed by atoms with Crippen LogP contribution in [0.25, 0.3) is 0 Å². The second kappa shape index (κ2) is 5.29. The molecule has 0 aromatic heterocycles. The van der Waals surface area contributed by atoms with Crippen molar-refractivity contribution < 1.29 is 0 Å². The molecule has 1 heterocycles. The SMILES string of the molecule is Cc1ccc(N2C(C)CN(C)CC2CN)cc1C. The van der Waals surface area contributed by atoms with Crippen LogP contribution in [0.5, 0.6) is 0 Å². The molecule has 2 atom stereocenters. The number of piperazine rings is 1. The molecule has 0 amide bonds. The fourth-order valence-electron chi connectivity index (χ4n) is 2.96. The van der Waals surface area contributed by atoms with E-state index < -0.39 is 0 Å². The molecule has 2 rings (SSSR count). The summed E-state index contributed by atoms with van der Waals surface area (Å²) in [5.41, 5.74) is 9.98. The third-order valence-corrected chi connectivity index (χ3v) is 4.03. The first kappa shape index (κ1) is 13.4. The van der Waals surface area contributed by atoms with Crippen molar-refractivity contribution in [2.45, 2.75) is 32.9 Å². The van der Waals surface area contributed by atoms with Gasteiger partial charge in [-0.2, -0.15) is 0 Å². The van der Waals surface area contributed by atoms with Crippen molar-refractivity contribution in [2.75, 3.05) is 31.6 Å². The van der Waals surface area contributed by atoms with Gasteiger partial charge in [-0.3, -0.25) is 0 Å². The number of benzene rings is 1. The second-order valence-corrected chi connectivity index (χ2v) is 5.64. The van der Waals surface area contributed by atoms with E-state index in [1.165, 1.54) is 16.8 Å². The number of hydrogen-bond donors (Lipinski definition) is 1. The lowest BCUT2D eigenvalue weighted by atomic mass is 10.0. The Labute approximate surface area is 111 Å². The third-order valence-electron chi connectivity index (χ3n) is 4.03. The Morgan fingerprint density at radius 2 is 1.94 bits per heavy atom. The minimum absolute atomic E-state index is 0.417. The van der Waals surface area contributed by atoms with Gasteiger partial charge in [-0.1, -0.05) is 6.07 Å². The van der Waals surface area contributed by atoms with Crippen LogP contribution in [0.2, 0.25) is 0 Å². The van der Waals surface area contributed by atoms with E-state index in [1.807, 2.05) is 0 Å². The summed E-state index contributed by atoms with van der Waals surface area (Å²) >= 11 is 0. The summed E-state index contributed by atoms with van der Waals surface area (Å²) in [6, 6.07) is 7.66. The van der Waals surface area contributed by atoms with E-state index in [0.29, 0.717) is 18.6 Å². The first-order chi connectivity index (χ1) is 8.52. The molecule has 0 radical (unpaired) electrons. The smallest absolute Gasteiger partial charge is 0.0542 e. The Bertz CT molecular complexity index is 416. The van der Waals surface area contributed by atoms with Gasteiger partial charge in [0.15, 0.2) is 0 Å². The zero-order valence-corrected chi connectivity index (χ0v) is 12.0. The van der Waals surface area contributed by atoms with Gasteiger partial charge in [0.2, 0.25) is 0 Å². The molecule has 1 aliphatic heterocycles. The molecule has 1 fully saturated rings. The van der Waals surface area contributed by atoms with Crippen LogP contribution >= 0.6 is 0 Å². The standard InChI is InChI=1S/C15H25N3/c1-11-5-6-14(7-12(11)2)18-13(3)9-17(4)10-15(18)8-16/h5-7,13,15H,8-10,16H2,1-4H3. The van der Waals surface area contributed by atoms with Gasteiger partial charge in [-0.25, -0.2) is 0 Å². The van der Waals surface area contributed by atoms with Crippen LogP contribution in [0.15, 0.2) is 18.2 Å². The van der Waals surface area contributed by atoms with E-state index in [2.05, 4.69) is 55.8 Å². The zero-order chi connectivity index (χ0) is 13.3. The normalized spacial score (nSPS) is 25.5. The number of nitrogens with zero attached hydrogens (tertiary/aromatic N) is 2. The van der Waals surface area contributed by atoms with Gasteiger partial charge in [0.05, 0.1) is 6.04 Å². The van der Waals surface area contributed by atoms with Crippen molar-refractivity contribution >= 4 is 5.69 Å². The first-order valence-corrected chi connectivity index (χ1v) is 6.77. The predicted octanol–water partition coefficient (Wildman–Crippen LogP) is 1.77. The molecular weight excluding hydrogens is 222 g/mol. The molecule has 1 aromatic carbocycles. The van der Waals surface area contributed by atoms with Crippen LogP contribution in [-0.2, 0) is 0 Å². The predicted molar refractivity (Wildman–Crippen MR) is 78.2 cm³/mol. The Hall–Kier alpha value is -1.06. The summed E-state index contributed by atoms with van der Waals surface area (Å²) in [6.07, 6.45) is 0. The van der Waals surface area contributed by atoms with Crippen LogP contribution in [0.4, 0.5) is 5.69 Å². The van der Waals surface area contributed by atoms with Gasteiger partial charge in [0, 0.05) is 31.4 Å². The highest BCUT2D eigenvalue weighted by atomic mass is 15.3. The van der Waals surface area contributed by atoms with E-state index in [9.17, 15) is 0 Å². The van der Waals surface area contributed by atoms with Gasteiger partial charge in [0.1, 0.15) is 0 Å². The van der Waals surface area contributed by atoms with Crippen LogP contribution in [0.3, 0.4) is 0 Å². The lowest BCUT2D eigenvalue weighted by Gasteiger charge is -2.46. The average molecular weight is 247 g/mol. The first-order valence-electron chi connectivity index (χ1n) is 6.77. The van der Waals surface area contributed by atoms with Crippen molar-refractivity contribution in [3.8, 4) is 0 Å². The Morgan fingerprint density at radius 3 is 2.56 bits per heavy atom. The number of nitrogens with two attached hydrogens (primary N) is 1. The fraction of sp³-hybridized carbons (Fsp3) is 0.600. The summed E-state index contributed by atoms with van der Waals surface area (Å²) in [5, 5.41) is 0. The number of anilines is 1. The van der Waals surface area contributed by atoms with Gasteiger partial charge in [-0.05, 0) is 51.1 Å². The summed E-state index contributed by atoms with van der Waals surface area (Å²) in [6.45, 7) is 9.48. The summed E-state index contributed by atoms with van der Waals surface area (Å²) in [7, 11) is 2.18. The van der Waals surface area contributed by atoms with E-state index in [4.69, 9.17) is 5.73 Å². The van der Waals surface area contributed by atoms with Crippen LogP contribution in [0.1, 0.15) is 18.1 Å². The van der Waals surface area contributed by atoms with Crippen LogP contribution < -0.4 is 10.6 Å². The Balaban J connectivity index is 2.31. The molecule has 1 aromatic rings. The zero-order valence-electron chi connectivity index (χ0n) is 12.0. The molecule has 2 N–H and O–H groups in total. The van der Waals surface area contributed by atoms with Gasteiger partial charge in [-0.15, -0.1) is 0 Å². The minimum atomic E-state index is 0.417. The lowest BCUT2D eigenvalue weighted by molar-refractivity contribution is 0.235. The Kier molecular flexibility index (Phi) is 3.93. The van der Waals surface area contributed by atoms with E-state index in [1.54, 1.807) is 0 Å². The van der Waals surface area contributed by atoms with Crippen molar-refractivity contribution in [3.05, 3.63) is 29.3 Å². The molecule has 0 saturated carbocycles. The topological polar surface area (TPSA) is 32.5 Å². The Morgan fingerprint density at radius 1 is 1.22 bits per heavy atom. The number of aryl methyl sites for hydroxylation is 2. The molecule has 0 spiro atoms. The van der Waals surface area contributed by atoms with Crippen molar-refractivity contribution in [1.82, 2.24) is 4.90 Å². The molecular formula is C15H25N3. The maximum atomic E-state index is 5.96. The molecule has 1 saturated heterocycles. The summed E-state index contributed by atoms with van der Waals surface area (Å²) in [5.74, 6) is 0. The summed E-state index contributed by atoms with van der Waals surface area (Å²) in [4.78, 5) is 4.87.